The van der Waals surface area contributed by atoms with Crippen LogP contribution in [-0.4, -0.2) is 29.7 Å². The summed E-state index contributed by atoms with van der Waals surface area (Å²) < 4.78 is 31.6. The minimum absolute atomic E-state index is 0.316. The molecule has 0 aliphatic rings. The Kier molecular flexibility index (Phi) is 5.06. The summed E-state index contributed by atoms with van der Waals surface area (Å²) in [5.41, 5.74) is 2.11. The molecule has 0 aromatic heterocycles. The lowest BCUT2D eigenvalue weighted by molar-refractivity contribution is 0.381. The van der Waals surface area contributed by atoms with Crippen molar-refractivity contribution in [3.05, 3.63) is 23.8 Å². The zero-order chi connectivity index (χ0) is 12.1. The number of hydrogen-bond donors (Lipinski definition) is 4. The van der Waals surface area contributed by atoms with Crippen molar-refractivity contribution in [2.24, 2.45) is 0 Å². The molecule has 0 saturated heterocycles. The lowest BCUT2D eigenvalue weighted by Crippen LogP contribution is -1.89. The van der Waals surface area contributed by atoms with E-state index in [-0.39, 0.29) is 0 Å². The van der Waals surface area contributed by atoms with Gasteiger partial charge in [-0.1, -0.05) is 0 Å². The molecule has 0 spiro atoms. The van der Waals surface area contributed by atoms with Gasteiger partial charge in [-0.05, 0) is 30.7 Å². The predicted molar refractivity (Wildman–Crippen MR) is 56.6 cm³/mol. The summed E-state index contributed by atoms with van der Waals surface area (Å²) in [6.45, 7) is 1.95. The first-order valence-electron chi connectivity index (χ1n) is 3.91. The molecule has 0 unspecified atom stereocenters. The van der Waals surface area contributed by atoms with Crippen LogP contribution in [-0.2, 0) is 10.4 Å². The van der Waals surface area contributed by atoms with Crippen LogP contribution in [0.4, 0.5) is 5.69 Å². The highest BCUT2D eigenvalue weighted by atomic mass is 32.3. The number of aryl methyl sites for hydroxylation is 1. The molecule has 4 N–H and O–H groups in total. The first-order valence-corrected chi connectivity index (χ1v) is 5.31. The maximum Gasteiger partial charge on any atom is 0.394 e. The smallest absolute Gasteiger partial charge is 0.394 e. The van der Waals surface area contributed by atoms with Gasteiger partial charge in [0.25, 0.3) is 0 Å². The third kappa shape index (κ3) is 7.74. The van der Waals surface area contributed by atoms with Gasteiger partial charge >= 0.3 is 10.4 Å². The summed E-state index contributed by atoms with van der Waals surface area (Å²) in [5.74, 6) is 0.316. The third-order valence-corrected chi connectivity index (χ3v) is 1.48. The quantitative estimate of drug-likeness (QED) is 0.429. The highest BCUT2D eigenvalue weighted by Crippen LogP contribution is 2.18. The zero-order valence-electron chi connectivity index (χ0n) is 8.30. The Labute approximate surface area is 88.1 Å². The number of rotatable bonds is 1. The van der Waals surface area contributed by atoms with Crippen molar-refractivity contribution in [3.63, 3.8) is 0 Å². The van der Waals surface area contributed by atoms with Gasteiger partial charge in [0, 0.05) is 12.7 Å². The third-order valence-electron chi connectivity index (χ3n) is 1.48. The fraction of sp³-hybridized carbons (Fsp3) is 0.250. The largest absolute Gasteiger partial charge is 0.508 e. The fourth-order valence-electron chi connectivity index (χ4n) is 0.928. The van der Waals surface area contributed by atoms with Crippen LogP contribution in [0, 0.1) is 6.92 Å². The lowest BCUT2D eigenvalue weighted by atomic mass is 10.2. The van der Waals surface area contributed by atoms with Crippen molar-refractivity contribution in [2.45, 2.75) is 6.92 Å². The Balaban J connectivity index is 0.000000336. The minimum atomic E-state index is -4.67. The summed E-state index contributed by atoms with van der Waals surface area (Å²) >= 11 is 0. The van der Waals surface area contributed by atoms with Crippen LogP contribution >= 0.6 is 0 Å². The standard InChI is InChI=1S/C8H11NO.H2O4S/c1-6-5-7(10)3-4-8(6)9-2;1-5(2,3)4/h3-5,9-10H,1-2H3;(H2,1,2,3,4). The van der Waals surface area contributed by atoms with Crippen molar-refractivity contribution in [2.75, 3.05) is 12.4 Å². The minimum Gasteiger partial charge on any atom is -0.508 e. The summed E-state index contributed by atoms with van der Waals surface area (Å²) in [6.07, 6.45) is 0. The van der Waals surface area contributed by atoms with Gasteiger partial charge in [0.1, 0.15) is 5.75 Å². The molecule has 0 amide bonds. The highest BCUT2D eigenvalue weighted by molar-refractivity contribution is 7.79. The van der Waals surface area contributed by atoms with E-state index in [4.69, 9.17) is 22.6 Å². The normalized spacial score (nSPS) is 10.1. The second-order valence-corrected chi connectivity index (χ2v) is 3.59. The van der Waals surface area contributed by atoms with Crippen molar-refractivity contribution < 1.29 is 22.6 Å². The van der Waals surface area contributed by atoms with Crippen LogP contribution in [0.15, 0.2) is 18.2 Å². The number of nitrogens with one attached hydrogen (secondary N) is 1. The van der Waals surface area contributed by atoms with Crippen LogP contribution in [0.5, 0.6) is 5.75 Å². The summed E-state index contributed by atoms with van der Waals surface area (Å²) in [4.78, 5) is 0. The molecule has 0 radical (unpaired) electrons. The number of aromatic hydroxyl groups is 1. The molecule has 7 heteroatoms. The van der Waals surface area contributed by atoms with E-state index in [1.807, 2.05) is 20.0 Å². The van der Waals surface area contributed by atoms with Crippen molar-refractivity contribution in [1.82, 2.24) is 0 Å². The van der Waals surface area contributed by atoms with Gasteiger partial charge in [-0.15, -0.1) is 0 Å². The first-order chi connectivity index (χ1) is 6.74. The Morgan fingerprint density at radius 3 is 2.07 bits per heavy atom. The van der Waals surface area contributed by atoms with Crippen LogP contribution in [0.25, 0.3) is 0 Å². The van der Waals surface area contributed by atoms with Gasteiger partial charge in [-0.25, -0.2) is 0 Å². The number of benzene rings is 1. The summed E-state index contributed by atoms with van der Waals surface area (Å²) in [6, 6.07) is 5.25. The van der Waals surface area contributed by atoms with E-state index in [1.165, 1.54) is 0 Å². The molecule has 0 aliphatic heterocycles. The number of hydrogen-bond acceptors (Lipinski definition) is 4. The van der Waals surface area contributed by atoms with Gasteiger partial charge in [-0.2, -0.15) is 8.42 Å². The van der Waals surface area contributed by atoms with E-state index in [0.717, 1.165) is 11.3 Å². The summed E-state index contributed by atoms with van der Waals surface area (Å²) in [5, 5.41) is 12.0. The molecule has 0 bridgehead atoms. The first kappa shape index (κ1) is 13.7. The molecular formula is C8H13NO5S. The monoisotopic (exact) mass is 235 g/mol. The van der Waals surface area contributed by atoms with E-state index in [0.29, 0.717) is 5.75 Å². The van der Waals surface area contributed by atoms with Crippen LogP contribution in [0.2, 0.25) is 0 Å². The molecule has 0 heterocycles. The molecular weight excluding hydrogens is 222 g/mol. The van der Waals surface area contributed by atoms with Gasteiger partial charge in [-0.3, -0.25) is 9.11 Å². The molecule has 0 atom stereocenters. The maximum atomic E-state index is 9.01. The molecule has 1 rings (SSSR count). The fourth-order valence-corrected chi connectivity index (χ4v) is 0.928. The van der Waals surface area contributed by atoms with Gasteiger partial charge in [0.05, 0.1) is 0 Å². The Hall–Kier alpha value is -1.31. The lowest BCUT2D eigenvalue weighted by Gasteiger charge is -2.03. The molecule has 0 aliphatic carbocycles. The molecule has 0 fully saturated rings. The van der Waals surface area contributed by atoms with E-state index >= 15 is 0 Å². The second-order valence-electron chi connectivity index (χ2n) is 2.70. The number of phenols is 1. The second kappa shape index (κ2) is 5.54. The molecule has 1 aromatic carbocycles. The van der Waals surface area contributed by atoms with Gasteiger partial charge in [0.2, 0.25) is 0 Å². The Bertz CT molecular complexity index is 407. The summed E-state index contributed by atoms with van der Waals surface area (Å²) in [7, 11) is -2.81. The number of phenolic OH excluding ortho intramolecular Hbond substituents is 1. The van der Waals surface area contributed by atoms with Crippen LogP contribution in [0.3, 0.4) is 0 Å². The van der Waals surface area contributed by atoms with Crippen LogP contribution < -0.4 is 5.32 Å². The molecule has 0 saturated carbocycles. The zero-order valence-corrected chi connectivity index (χ0v) is 9.11. The SMILES string of the molecule is CNc1ccc(O)cc1C.O=S(=O)(O)O. The van der Waals surface area contributed by atoms with Crippen molar-refractivity contribution >= 4 is 16.1 Å². The predicted octanol–water partition coefficient (Wildman–Crippen LogP) is 1.09. The highest BCUT2D eigenvalue weighted by Gasteiger charge is 1.94. The Morgan fingerprint density at radius 2 is 1.73 bits per heavy atom. The molecule has 1 aromatic rings. The molecule has 6 nitrogen and oxygen atoms in total. The van der Waals surface area contributed by atoms with Gasteiger partial charge < -0.3 is 10.4 Å². The molecule has 86 valence electrons. The van der Waals surface area contributed by atoms with E-state index in [1.54, 1.807) is 12.1 Å². The van der Waals surface area contributed by atoms with E-state index < -0.39 is 10.4 Å². The topological polar surface area (TPSA) is 107 Å². The van der Waals surface area contributed by atoms with Crippen LogP contribution in [0.1, 0.15) is 5.56 Å². The number of anilines is 1. The van der Waals surface area contributed by atoms with Crippen molar-refractivity contribution in [3.8, 4) is 5.75 Å². The average Bonchev–Trinajstić information content (AvgIpc) is 2.01. The Morgan fingerprint density at radius 1 is 1.27 bits per heavy atom. The molecule has 15 heavy (non-hydrogen) atoms. The van der Waals surface area contributed by atoms with E-state index in [2.05, 4.69) is 5.32 Å². The maximum absolute atomic E-state index is 9.01. The average molecular weight is 235 g/mol. The van der Waals surface area contributed by atoms with Crippen molar-refractivity contribution in [1.29, 1.82) is 0 Å². The van der Waals surface area contributed by atoms with E-state index in [9.17, 15) is 0 Å². The van der Waals surface area contributed by atoms with Gasteiger partial charge in [0.15, 0.2) is 0 Å².